The number of nitrogens with zero attached hydrogens (tertiary/aromatic N) is 1. The monoisotopic (exact) mass is 358 g/mol. The van der Waals surface area contributed by atoms with E-state index in [1.807, 2.05) is 0 Å². The first-order valence-electron chi connectivity index (χ1n) is 8.64. The van der Waals surface area contributed by atoms with Crippen molar-refractivity contribution in [3.05, 3.63) is 29.3 Å². The highest BCUT2D eigenvalue weighted by Gasteiger charge is 2.41. The van der Waals surface area contributed by atoms with Crippen molar-refractivity contribution in [1.82, 2.24) is 4.90 Å². The van der Waals surface area contributed by atoms with Crippen LogP contribution in [0, 0.1) is 0 Å². The van der Waals surface area contributed by atoms with Crippen LogP contribution < -0.4 is 5.32 Å². The van der Waals surface area contributed by atoms with Crippen LogP contribution in [0.15, 0.2) is 18.2 Å². The Morgan fingerprint density at radius 2 is 1.69 bits per heavy atom. The molecule has 0 aromatic heterocycles. The highest BCUT2D eigenvalue weighted by Crippen LogP contribution is 2.29. The molecule has 1 N–H and O–H groups in total. The number of fused-ring (bicyclic) bond motifs is 1. The molecule has 0 fully saturated rings. The molecule has 0 radical (unpaired) electrons. The lowest BCUT2D eigenvalue weighted by atomic mass is 10.0. The second-order valence-electron chi connectivity index (χ2n) is 6.20. The van der Waals surface area contributed by atoms with Crippen molar-refractivity contribution in [2.45, 2.75) is 52.5 Å². The Morgan fingerprint density at radius 3 is 2.27 bits per heavy atom. The summed E-state index contributed by atoms with van der Waals surface area (Å²) >= 11 is 0. The van der Waals surface area contributed by atoms with Crippen LogP contribution in [0.4, 0.5) is 5.69 Å². The van der Waals surface area contributed by atoms with Gasteiger partial charge in [-0.25, -0.2) is 0 Å². The molecule has 0 aliphatic carbocycles. The van der Waals surface area contributed by atoms with Gasteiger partial charge in [-0.2, -0.15) is 0 Å². The van der Waals surface area contributed by atoms with Gasteiger partial charge in [0.15, 0.2) is 5.78 Å². The summed E-state index contributed by atoms with van der Waals surface area (Å²) in [5.74, 6) is -1.72. The van der Waals surface area contributed by atoms with Crippen molar-refractivity contribution < 1.29 is 24.0 Å². The number of anilines is 1. The molecule has 3 amide bonds. The molecule has 0 spiro atoms. The number of carbonyl (C=O) groups is 5. The molecule has 138 valence electrons. The third-order valence-corrected chi connectivity index (χ3v) is 4.39. The first kappa shape index (κ1) is 19.5. The van der Waals surface area contributed by atoms with Gasteiger partial charge in [0.05, 0.1) is 17.2 Å². The van der Waals surface area contributed by atoms with Crippen molar-refractivity contribution in [1.29, 1.82) is 0 Å². The van der Waals surface area contributed by atoms with Gasteiger partial charge in [-0.1, -0.05) is 13.8 Å². The average molecular weight is 358 g/mol. The Morgan fingerprint density at radius 1 is 1.04 bits per heavy atom. The van der Waals surface area contributed by atoms with E-state index in [-0.39, 0.29) is 47.9 Å². The maximum atomic E-state index is 12.7. The summed E-state index contributed by atoms with van der Waals surface area (Å²) in [6.07, 6.45) is 0.875. The molecule has 1 aliphatic heterocycles. The average Bonchev–Trinajstić information content (AvgIpc) is 2.86. The number of ketones is 2. The van der Waals surface area contributed by atoms with Crippen LogP contribution in [0.3, 0.4) is 0 Å². The van der Waals surface area contributed by atoms with E-state index < -0.39 is 17.9 Å². The predicted octanol–water partition coefficient (Wildman–Crippen LogP) is 2.35. The van der Waals surface area contributed by atoms with Gasteiger partial charge in [0.1, 0.15) is 5.78 Å². The van der Waals surface area contributed by atoms with Crippen LogP contribution in [0.5, 0.6) is 0 Å². The standard InChI is InChI=1S/C19H22N2O5/c1-4-13(23)7-9-16(11(3)22)21-18(25)14-8-6-12(20-17(24)5-2)10-15(14)19(21)26/h6,8,10,16H,4-5,7,9H2,1-3H3,(H,20,24). The van der Waals surface area contributed by atoms with E-state index in [9.17, 15) is 24.0 Å². The maximum absolute atomic E-state index is 12.7. The number of amides is 3. The van der Waals surface area contributed by atoms with Crippen LogP contribution in [0.25, 0.3) is 0 Å². The van der Waals surface area contributed by atoms with Gasteiger partial charge < -0.3 is 5.32 Å². The highest BCUT2D eigenvalue weighted by atomic mass is 16.2. The van der Waals surface area contributed by atoms with E-state index in [0.717, 1.165) is 4.90 Å². The van der Waals surface area contributed by atoms with Crippen LogP contribution >= 0.6 is 0 Å². The number of hydrogen-bond donors (Lipinski definition) is 1. The first-order chi connectivity index (χ1) is 12.3. The first-order valence-corrected chi connectivity index (χ1v) is 8.64. The molecule has 0 saturated heterocycles. The second-order valence-corrected chi connectivity index (χ2v) is 6.20. The normalized spacial score (nSPS) is 14.2. The molecular weight excluding hydrogens is 336 g/mol. The maximum Gasteiger partial charge on any atom is 0.262 e. The zero-order valence-corrected chi connectivity index (χ0v) is 15.1. The summed E-state index contributed by atoms with van der Waals surface area (Å²) in [7, 11) is 0. The predicted molar refractivity (Wildman–Crippen MR) is 94.9 cm³/mol. The Bertz CT molecular complexity index is 784. The molecule has 1 heterocycles. The molecule has 7 heteroatoms. The molecule has 1 unspecified atom stereocenters. The summed E-state index contributed by atoms with van der Waals surface area (Å²) < 4.78 is 0. The van der Waals surface area contributed by atoms with Crippen LogP contribution in [0.1, 0.15) is 67.2 Å². The van der Waals surface area contributed by atoms with E-state index in [0.29, 0.717) is 12.1 Å². The summed E-state index contributed by atoms with van der Waals surface area (Å²) in [6, 6.07) is 3.49. The van der Waals surface area contributed by atoms with Gasteiger partial charge in [-0.15, -0.1) is 0 Å². The van der Waals surface area contributed by atoms with Crippen LogP contribution in [-0.4, -0.2) is 40.2 Å². The van der Waals surface area contributed by atoms with Gasteiger partial charge >= 0.3 is 0 Å². The van der Waals surface area contributed by atoms with Crippen LogP contribution in [-0.2, 0) is 14.4 Å². The Hall–Kier alpha value is -2.83. The zero-order valence-electron chi connectivity index (χ0n) is 15.1. The lowest BCUT2D eigenvalue weighted by molar-refractivity contribution is -0.122. The molecule has 26 heavy (non-hydrogen) atoms. The SMILES string of the molecule is CCC(=O)CCC(C(C)=O)N1C(=O)c2ccc(NC(=O)CC)cc2C1=O. The zero-order chi connectivity index (χ0) is 19.4. The highest BCUT2D eigenvalue weighted by molar-refractivity contribution is 6.23. The molecule has 1 aromatic rings. The Kier molecular flexibility index (Phi) is 6.02. The molecule has 0 saturated carbocycles. The van der Waals surface area contributed by atoms with E-state index >= 15 is 0 Å². The van der Waals surface area contributed by atoms with Gasteiger partial charge in [0.2, 0.25) is 5.91 Å². The lowest BCUT2D eigenvalue weighted by Gasteiger charge is -2.23. The van der Waals surface area contributed by atoms with Crippen molar-refractivity contribution >= 4 is 35.0 Å². The minimum atomic E-state index is -0.966. The number of carbonyl (C=O) groups excluding carboxylic acids is 5. The molecule has 0 bridgehead atoms. The van der Waals surface area contributed by atoms with Crippen molar-refractivity contribution in [2.75, 3.05) is 5.32 Å². The second kappa shape index (κ2) is 8.03. The minimum absolute atomic E-state index is 0.0302. The van der Waals surface area contributed by atoms with Crippen molar-refractivity contribution in [3.8, 4) is 0 Å². The van der Waals surface area contributed by atoms with E-state index in [1.54, 1.807) is 19.9 Å². The Labute approximate surface area is 151 Å². The fourth-order valence-electron chi connectivity index (χ4n) is 2.86. The summed E-state index contributed by atoms with van der Waals surface area (Å²) in [4.78, 5) is 61.4. The molecule has 1 aromatic carbocycles. The number of nitrogens with one attached hydrogen (secondary N) is 1. The quantitative estimate of drug-likeness (QED) is 0.719. The topological polar surface area (TPSA) is 101 Å². The molecule has 7 nitrogen and oxygen atoms in total. The summed E-state index contributed by atoms with van der Waals surface area (Å²) in [5, 5.41) is 2.64. The van der Waals surface area contributed by atoms with Crippen molar-refractivity contribution in [3.63, 3.8) is 0 Å². The van der Waals surface area contributed by atoms with Crippen LogP contribution in [0.2, 0.25) is 0 Å². The Balaban J connectivity index is 2.29. The van der Waals surface area contributed by atoms with Crippen molar-refractivity contribution in [2.24, 2.45) is 0 Å². The fourth-order valence-corrected chi connectivity index (χ4v) is 2.86. The molecular formula is C19H22N2O5. The largest absolute Gasteiger partial charge is 0.326 e. The summed E-state index contributed by atoms with van der Waals surface area (Å²) in [6.45, 7) is 4.73. The minimum Gasteiger partial charge on any atom is -0.326 e. The number of hydrogen-bond acceptors (Lipinski definition) is 5. The number of rotatable bonds is 8. The lowest BCUT2D eigenvalue weighted by Crippen LogP contribution is -2.44. The number of benzene rings is 1. The van der Waals surface area contributed by atoms with Gasteiger partial charge in [0.25, 0.3) is 11.8 Å². The number of Topliss-reactive ketones (excluding diaryl/α,β-unsaturated/α-hetero) is 2. The fraction of sp³-hybridized carbons (Fsp3) is 0.421. The third kappa shape index (κ3) is 3.87. The molecule has 2 rings (SSSR count). The van der Waals surface area contributed by atoms with Gasteiger partial charge in [-0.05, 0) is 31.5 Å². The van der Waals surface area contributed by atoms with E-state index in [2.05, 4.69) is 5.32 Å². The van der Waals surface area contributed by atoms with Gasteiger partial charge in [-0.3, -0.25) is 28.9 Å². The molecule has 1 aliphatic rings. The summed E-state index contributed by atoms with van der Waals surface area (Å²) in [5.41, 5.74) is 0.758. The van der Waals surface area contributed by atoms with E-state index in [4.69, 9.17) is 0 Å². The van der Waals surface area contributed by atoms with E-state index in [1.165, 1.54) is 19.1 Å². The van der Waals surface area contributed by atoms with Gasteiger partial charge in [0, 0.05) is 24.9 Å². The number of imide groups is 1. The molecule has 1 atom stereocenters. The third-order valence-electron chi connectivity index (χ3n) is 4.39. The smallest absolute Gasteiger partial charge is 0.262 e.